The molecule has 1 aliphatic rings. The van der Waals surface area contributed by atoms with Crippen LogP contribution in [-0.4, -0.2) is 43.1 Å². The Morgan fingerprint density at radius 3 is 2.59 bits per heavy atom. The van der Waals surface area contributed by atoms with Gasteiger partial charge in [-0.05, 0) is 48.9 Å². The molecule has 0 radical (unpaired) electrons. The Labute approximate surface area is 110 Å². The molecule has 1 aromatic heterocycles. The molecule has 0 amide bonds. The Bertz CT molecular complexity index is 389. The van der Waals surface area contributed by atoms with Gasteiger partial charge in [0.25, 0.3) is 0 Å². The highest BCUT2D eigenvalue weighted by molar-refractivity contribution is 9.10. The minimum Gasteiger partial charge on any atom is -0.354 e. The fourth-order valence-corrected chi connectivity index (χ4v) is 2.54. The monoisotopic (exact) mass is 301 g/mol. The van der Waals surface area contributed by atoms with Crippen LogP contribution >= 0.6 is 15.9 Å². The molecule has 17 heavy (non-hydrogen) atoms. The van der Waals surface area contributed by atoms with E-state index in [1.165, 1.54) is 6.07 Å². The molecule has 0 aliphatic carbocycles. The summed E-state index contributed by atoms with van der Waals surface area (Å²) in [5.74, 6) is 0.230. The number of halogens is 2. The number of anilines is 1. The summed E-state index contributed by atoms with van der Waals surface area (Å²) in [5, 5.41) is 0. The fourth-order valence-electron chi connectivity index (χ4n) is 2.23. The Balaban J connectivity index is 2.05. The molecule has 0 atom stereocenters. The maximum Gasteiger partial charge on any atom is 0.166 e. The average molecular weight is 302 g/mol. The predicted molar refractivity (Wildman–Crippen MR) is 70.8 cm³/mol. The normalized spacial score (nSPS) is 17.8. The lowest BCUT2D eigenvalue weighted by Gasteiger charge is -2.35. The molecule has 0 N–H and O–H groups in total. The maximum absolute atomic E-state index is 13.7. The van der Waals surface area contributed by atoms with Gasteiger partial charge in [-0.3, -0.25) is 0 Å². The van der Waals surface area contributed by atoms with Crippen molar-refractivity contribution in [3.05, 3.63) is 22.6 Å². The number of nitrogens with zero attached hydrogens (tertiary/aromatic N) is 3. The van der Waals surface area contributed by atoms with Gasteiger partial charge in [-0.1, -0.05) is 0 Å². The van der Waals surface area contributed by atoms with Crippen molar-refractivity contribution in [2.75, 3.05) is 32.1 Å². The molecule has 0 saturated carbocycles. The van der Waals surface area contributed by atoms with Crippen molar-refractivity contribution in [1.82, 2.24) is 9.88 Å². The number of hydrogen-bond donors (Lipinski definition) is 0. The van der Waals surface area contributed by atoms with E-state index in [1.807, 2.05) is 4.90 Å². The highest BCUT2D eigenvalue weighted by atomic mass is 79.9. The van der Waals surface area contributed by atoms with E-state index >= 15 is 0 Å². The molecule has 0 bridgehead atoms. The van der Waals surface area contributed by atoms with Crippen molar-refractivity contribution in [3.8, 4) is 0 Å². The number of piperidine rings is 1. The largest absolute Gasteiger partial charge is 0.354 e. The van der Waals surface area contributed by atoms with E-state index in [0.29, 0.717) is 16.3 Å². The lowest BCUT2D eigenvalue weighted by molar-refractivity contribution is 0.249. The minimum absolute atomic E-state index is 0.248. The quantitative estimate of drug-likeness (QED) is 0.837. The summed E-state index contributed by atoms with van der Waals surface area (Å²) in [6, 6.07) is 2.07. The van der Waals surface area contributed by atoms with Crippen LogP contribution in [0.25, 0.3) is 0 Å². The summed E-state index contributed by atoms with van der Waals surface area (Å²) in [5.41, 5.74) is 0. The van der Waals surface area contributed by atoms with Crippen molar-refractivity contribution >= 4 is 21.7 Å². The number of hydrogen-bond acceptors (Lipinski definition) is 3. The smallest absolute Gasteiger partial charge is 0.166 e. The Morgan fingerprint density at radius 1 is 1.41 bits per heavy atom. The first kappa shape index (κ1) is 12.8. The predicted octanol–water partition coefficient (Wildman–Crippen LogP) is 2.51. The second-order valence-corrected chi connectivity index (χ2v) is 5.56. The third-order valence-corrected chi connectivity index (χ3v) is 3.72. The van der Waals surface area contributed by atoms with Crippen molar-refractivity contribution in [3.63, 3.8) is 0 Å². The van der Waals surface area contributed by atoms with Gasteiger partial charge in [0.05, 0.1) is 0 Å². The van der Waals surface area contributed by atoms with Crippen LogP contribution in [0.1, 0.15) is 12.8 Å². The van der Waals surface area contributed by atoms with E-state index in [4.69, 9.17) is 0 Å². The molecule has 1 aromatic rings. The summed E-state index contributed by atoms with van der Waals surface area (Å²) in [6.45, 7) is 1.74. The third kappa shape index (κ3) is 2.96. The van der Waals surface area contributed by atoms with Crippen LogP contribution < -0.4 is 4.90 Å². The van der Waals surface area contributed by atoms with Gasteiger partial charge in [-0.25, -0.2) is 9.37 Å². The van der Waals surface area contributed by atoms with Crippen LogP contribution in [0.4, 0.5) is 10.2 Å². The van der Waals surface area contributed by atoms with Crippen LogP contribution in [0.15, 0.2) is 16.7 Å². The molecule has 1 fully saturated rings. The van der Waals surface area contributed by atoms with Crippen LogP contribution in [0.3, 0.4) is 0 Å². The Kier molecular flexibility index (Phi) is 3.99. The van der Waals surface area contributed by atoms with Gasteiger partial charge in [0, 0.05) is 29.8 Å². The van der Waals surface area contributed by atoms with E-state index in [9.17, 15) is 4.39 Å². The highest BCUT2D eigenvalue weighted by Crippen LogP contribution is 2.24. The average Bonchev–Trinajstić information content (AvgIpc) is 2.29. The number of pyridine rings is 1. The van der Waals surface area contributed by atoms with Gasteiger partial charge in [0.2, 0.25) is 0 Å². The van der Waals surface area contributed by atoms with Crippen LogP contribution in [-0.2, 0) is 0 Å². The van der Waals surface area contributed by atoms with Crippen LogP contribution in [0, 0.1) is 5.82 Å². The molecular formula is C12H17BrFN3. The summed E-state index contributed by atoms with van der Waals surface area (Å²) < 4.78 is 14.4. The van der Waals surface area contributed by atoms with Gasteiger partial charge in [0.1, 0.15) is 0 Å². The van der Waals surface area contributed by atoms with Crippen molar-refractivity contribution < 1.29 is 4.39 Å². The van der Waals surface area contributed by atoms with Crippen molar-refractivity contribution in [1.29, 1.82) is 0 Å². The zero-order valence-electron chi connectivity index (χ0n) is 10.2. The maximum atomic E-state index is 13.7. The second-order valence-electron chi connectivity index (χ2n) is 4.64. The number of aromatic nitrogens is 1. The fraction of sp³-hybridized carbons (Fsp3) is 0.583. The van der Waals surface area contributed by atoms with Gasteiger partial charge in [0.15, 0.2) is 11.6 Å². The zero-order chi connectivity index (χ0) is 12.4. The first-order valence-corrected chi connectivity index (χ1v) is 6.59. The minimum atomic E-state index is -0.248. The number of rotatable bonds is 2. The lowest BCUT2D eigenvalue weighted by atomic mass is 10.0. The lowest BCUT2D eigenvalue weighted by Crippen LogP contribution is -2.42. The molecule has 0 unspecified atom stereocenters. The van der Waals surface area contributed by atoms with E-state index in [1.54, 1.807) is 6.20 Å². The molecule has 94 valence electrons. The van der Waals surface area contributed by atoms with Gasteiger partial charge in [-0.2, -0.15) is 0 Å². The van der Waals surface area contributed by atoms with E-state index < -0.39 is 0 Å². The first-order chi connectivity index (χ1) is 8.08. The summed E-state index contributed by atoms with van der Waals surface area (Å²) in [6.07, 6.45) is 3.77. The molecular weight excluding hydrogens is 285 g/mol. The molecule has 0 spiro atoms. The molecule has 2 heterocycles. The molecule has 2 rings (SSSR count). The molecule has 1 aliphatic heterocycles. The van der Waals surface area contributed by atoms with Crippen molar-refractivity contribution in [2.24, 2.45) is 0 Å². The van der Waals surface area contributed by atoms with Crippen LogP contribution in [0.5, 0.6) is 0 Å². The van der Waals surface area contributed by atoms with E-state index in [0.717, 1.165) is 25.9 Å². The van der Waals surface area contributed by atoms with E-state index in [-0.39, 0.29) is 5.82 Å². The van der Waals surface area contributed by atoms with Crippen molar-refractivity contribution in [2.45, 2.75) is 18.9 Å². The summed E-state index contributed by atoms with van der Waals surface area (Å²) >= 11 is 3.22. The van der Waals surface area contributed by atoms with Gasteiger partial charge < -0.3 is 9.80 Å². The third-order valence-electron chi connectivity index (χ3n) is 3.28. The second kappa shape index (κ2) is 5.31. The van der Waals surface area contributed by atoms with Gasteiger partial charge >= 0.3 is 0 Å². The first-order valence-electron chi connectivity index (χ1n) is 5.80. The molecule has 1 saturated heterocycles. The SMILES string of the molecule is CN(C)C1CCN(c2ncc(Br)cc2F)CC1. The molecule has 0 aromatic carbocycles. The zero-order valence-corrected chi connectivity index (χ0v) is 11.7. The summed E-state index contributed by atoms with van der Waals surface area (Å²) in [4.78, 5) is 8.43. The Hall–Kier alpha value is -0.680. The van der Waals surface area contributed by atoms with Crippen LogP contribution in [0.2, 0.25) is 0 Å². The molecule has 5 heteroatoms. The highest BCUT2D eigenvalue weighted by Gasteiger charge is 2.23. The molecule has 3 nitrogen and oxygen atoms in total. The standard InChI is InChI=1S/C12H17BrFN3/c1-16(2)10-3-5-17(6-4-10)12-11(14)7-9(13)8-15-12/h7-8,10H,3-6H2,1-2H3. The summed E-state index contributed by atoms with van der Waals surface area (Å²) in [7, 11) is 4.19. The van der Waals surface area contributed by atoms with Gasteiger partial charge in [-0.15, -0.1) is 0 Å². The Morgan fingerprint density at radius 2 is 2.06 bits per heavy atom. The topological polar surface area (TPSA) is 19.4 Å². The van der Waals surface area contributed by atoms with E-state index in [2.05, 4.69) is 39.9 Å².